The SMILES string of the molecule is O=[N+]([O-])C1(O)C=C(F)C(F)=C(F)C1. The van der Waals surface area contributed by atoms with Gasteiger partial charge in [-0.25, -0.2) is 13.2 Å². The summed E-state index contributed by atoms with van der Waals surface area (Å²) in [5.41, 5.74) is -2.89. The fourth-order valence-corrected chi connectivity index (χ4v) is 0.870. The van der Waals surface area contributed by atoms with Gasteiger partial charge < -0.3 is 5.11 Å². The molecule has 0 aromatic heterocycles. The topological polar surface area (TPSA) is 63.4 Å². The molecule has 1 N–H and O–H groups in total. The van der Waals surface area contributed by atoms with Crippen LogP contribution in [-0.2, 0) is 0 Å². The van der Waals surface area contributed by atoms with E-state index in [2.05, 4.69) is 0 Å². The van der Waals surface area contributed by atoms with Gasteiger partial charge in [-0.1, -0.05) is 0 Å². The molecule has 0 spiro atoms. The molecule has 0 fully saturated rings. The Bertz CT molecular complexity index is 325. The molecule has 7 heteroatoms. The van der Waals surface area contributed by atoms with Gasteiger partial charge in [0, 0.05) is 0 Å². The third-order valence-electron chi connectivity index (χ3n) is 1.54. The lowest BCUT2D eigenvalue weighted by molar-refractivity contribution is -0.608. The summed E-state index contributed by atoms with van der Waals surface area (Å²) < 4.78 is 37.2. The number of halogens is 3. The fourth-order valence-electron chi connectivity index (χ4n) is 0.870. The molecule has 0 aromatic rings. The second-order valence-electron chi connectivity index (χ2n) is 2.52. The van der Waals surface area contributed by atoms with Gasteiger partial charge in [-0.2, -0.15) is 0 Å². The zero-order valence-electron chi connectivity index (χ0n) is 6.13. The molecule has 13 heavy (non-hydrogen) atoms. The molecule has 0 bridgehead atoms. The van der Waals surface area contributed by atoms with Gasteiger partial charge in [0.25, 0.3) is 0 Å². The average Bonchev–Trinajstić information content (AvgIpc) is 2.00. The predicted molar refractivity (Wildman–Crippen MR) is 35.0 cm³/mol. The molecule has 0 saturated carbocycles. The highest BCUT2D eigenvalue weighted by molar-refractivity contribution is 5.29. The second-order valence-corrected chi connectivity index (χ2v) is 2.52. The first kappa shape index (κ1) is 9.72. The lowest BCUT2D eigenvalue weighted by Crippen LogP contribution is -2.37. The van der Waals surface area contributed by atoms with E-state index in [1.165, 1.54) is 0 Å². The molecule has 1 aliphatic rings. The van der Waals surface area contributed by atoms with Gasteiger partial charge in [0.2, 0.25) is 0 Å². The van der Waals surface area contributed by atoms with Crippen molar-refractivity contribution in [1.29, 1.82) is 0 Å². The van der Waals surface area contributed by atoms with Crippen molar-refractivity contribution in [2.24, 2.45) is 0 Å². The third-order valence-corrected chi connectivity index (χ3v) is 1.54. The Balaban J connectivity index is 3.11. The molecule has 1 rings (SSSR count). The summed E-state index contributed by atoms with van der Waals surface area (Å²) in [5.74, 6) is -5.23. The molecular weight excluding hydrogens is 191 g/mol. The van der Waals surface area contributed by atoms with E-state index in [0.717, 1.165) is 0 Å². The van der Waals surface area contributed by atoms with Crippen LogP contribution in [0.1, 0.15) is 6.42 Å². The first-order chi connectivity index (χ1) is 5.87. The van der Waals surface area contributed by atoms with Gasteiger partial charge in [0.15, 0.2) is 11.7 Å². The van der Waals surface area contributed by atoms with Crippen LogP contribution in [0.3, 0.4) is 0 Å². The summed E-state index contributed by atoms with van der Waals surface area (Å²) in [6, 6.07) is 0. The normalized spacial score (nSPS) is 28.8. The maximum absolute atomic E-state index is 12.4. The van der Waals surface area contributed by atoms with Crippen LogP contribution in [0.4, 0.5) is 13.2 Å². The summed E-state index contributed by atoms with van der Waals surface area (Å²) in [7, 11) is 0. The van der Waals surface area contributed by atoms with Crippen LogP contribution in [0.25, 0.3) is 0 Å². The minimum atomic E-state index is -2.89. The minimum Gasteiger partial charge on any atom is -0.327 e. The maximum Gasteiger partial charge on any atom is 0.351 e. The van der Waals surface area contributed by atoms with Gasteiger partial charge in [-0.3, -0.25) is 10.1 Å². The molecule has 0 amide bonds. The highest BCUT2D eigenvalue weighted by Crippen LogP contribution is 2.33. The Labute approximate surface area is 70.1 Å². The van der Waals surface area contributed by atoms with Crippen LogP contribution in [0.15, 0.2) is 23.6 Å². The van der Waals surface area contributed by atoms with Gasteiger partial charge in [-0.15, -0.1) is 0 Å². The van der Waals surface area contributed by atoms with Crippen molar-refractivity contribution in [3.8, 4) is 0 Å². The predicted octanol–water partition coefficient (Wildman–Crippen LogP) is 1.36. The van der Waals surface area contributed by atoms with Gasteiger partial charge >= 0.3 is 5.72 Å². The van der Waals surface area contributed by atoms with Crippen LogP contribution in [-0.4, -0.2) is 15.8 Å². The lowest BCUT2D eigenvalue weighted by atomic mass is 10.0. The van der Waals surface area contributed by atoms with Crippen molar-refractivity contribution >= 4 is 0 Å². The standard InChI is InChI=1S/C6H4F3NO3/c7-3-1-6(11,10(12)13)2-4(8)5(3)9/h1,11H,2H2. The number of allylic oxidation sites excluding steroid dienone is 2. The van der Waals surface area contributed by atoms with E-state index in [0.29, 0.717) is 0 Å². The van der Waals surface area contributed by atoms with Crippen molar-refractivity contribution in [1.82, 2.24) is 0 Å². The smallest absolute Gasteiger partial charge is 0.327 e. The van der Waals surface area contributed by atoms with E-state index in [4.69, 9.17) is 5.11 Å². The van der Waals surface area contributed by atoms with Crippen molar-refractivity contribution in [3.63, 3.8) is 0 Å². The summed E-state index contributed by atoms with van der Waals surface area (Å²) in [6.45, 7) is 0. The van der Waals surface area contributed by atoms with Crippen molar-refractivity contribution in [2.45, 2.75) is 12.1 Å². The highest BCUT2D eigenvalue weighted by Gasteiger charge is 2.45. The van der Waals surface area contributed by atoms with E-state index in [1.807, 2.05) is 0 Å². The Morgan fingerprint density at radius 1 is 1.54 bits per heavy atom. The number of hydrogen-bond acceptors (Lipinski definition) is 3. The Morgan fingerprint density at radius 3 is 2.46 bits per heavy atom. The number of hydrogen-bond donors (Lipinski definition) is 1. The Hall–Kier alpha value is -1.37. The molecule has 1 atom stereocenters. The maximum atomic E-state index is 12.4. The lowest BCUT2D eigenvalue weighted by Gasteiger charge is -2.17. The molecule has 0 saturated heterocycles. The quantitative estimate of drug-likeness (QED) is 0.390. The van der Waals surface area contributed by atoms with E-state index >= 15 is 0 Å². The van der Waals surface area contributed by atoms with E-state index in [1.54, 1.807) is 0 Å². The first-order valence-electron chi connectivity index (χ1n) is 3.16. The van der Waals surface area contributed by atoms with Crippen molar-refractivity contribution < 1.29 is 23.2 Å². The summed E-state index contributed by atoms with van der Waals surface area (Å²) in [4.78, 5) is 8.81. The second kappa shape index (κ2) is 2.84. The van der Waals surface area contributed by atoms with Gasteiger partial charge in [0.1, 0.15) is 12.2 Å². The molecule has 1 aliphatic carbocycles. The largest absolute Gasteiger partial charge is 0.351 e. The average molecular weight is 195 g/mol. The van der Waals surface area contributed by atoms with Crippen LogP contribution in [0.2, 0.25) is 0 Å². The van der Waals surface area contributed by atoms with Crippen molar-refractivity contribution in [3.05, 3.63) is 33.7 Å². The van der Waals surface area contributed by atoms with Gasteiger partial charge in [-0.05, 0) is 0 Å². The monoisotopic (exact) mass is 195 g/mol. The van der Waals surface area contributed by atoms with Crippen LogP contribution in [0.5, 0.6) is 0 Å². The van der Waals surface area contributed by atoms with Gasteiger partial charge in [0.05, 0.1) is 11.0 Å². The zero-order chi connectivity index (χ0) is 10.2. The first-order valence-corrected chi connectivity index (χ1v) is 3.16. The fraction of sp³-hybridized carbons (Fsp3) is 0.333. The van der Waals surface area contributed by atoms with Crippen LogP contribution >= 0.6 is 0 Å². The summed E-state index contributed by atoms with van der Waals surface area (Å²) in [6.07, 6.45) is -1.16. The molecule has 4 nitrogen and oxygen atoms in total. The Kier molecular flexibility index (Phi) is 2.12. The summed E-state index contributed by atoms with van der Waals surface area (Å²) in [5, 5.41) is 19.1. The molecule has 72 valence electrons. The molecular formula is C6H4F3NO3. The number of nitrogens with zero attached hydrogens (tertiary/aromatic N) is 1. The molecule has 1 unspecified atom stereocenters. The summed E-state index contributed by atoms with van der Waals surface area (Å²) >= 11 is 0. The Morgan fingerprint density at radius 2 is 2.08 bits per heavy atom. The molecule has 0 radical (unpaired) electrons. The molecule has 0 aliphatic heterocycles. The highest BCUT2D eigenvalue weighted by atomic mass is 19.2. The molecule has 0 heterocycles. The van der Waals surface area contributed by atoms with E-state index in [-0.39, 0.29) is 6.08 Å². The zero-order valence-corrected chi connectivity index (χ0v) is 6.13. The number of aliphatic hydroxyl groups is 1. The van der Waals surface area contributed by atoms with E-state index < -0.39 is 34.5 Å². The van der Waals surface area contributed by atoms with Crippen LogP contribution < -0.4 is 0 Å². The molecule has 0 aromatic carbocycles. The third kappa shape index (κ3) is 1.55. The van der Waals surface area contributed by atoms with E-state index in [9.17, 15) is 23.3 Å². The number of nitro groups is 1. The minimum absolute atomic E-state index is 0.0331. The number of rotatable bonds is 1. The van der Waals surface area contributed by atoms with Crippen LogP contribution in [0, 0.1) is 10.1 Å². The van der Waals surface area contributed by atoms with Crippen molar-refractivity contribution in [2.75, 3.05) is 0 Å².